The second-order valence-electron chi connectivity index (χ2n) is 5.61. The van der Waals surface area contributed by atoms with Gasteiger partial charge in [-0.25, -0.2) is 0 Å². The minimum Gasteiger partial charge on any atom is -0.480 e. The molecule has 142 valence electrons. The Morgan fingerprint density at radius 1 is 1.15 bits per heavy atom. The Morgan fingerprint density at radius 3 is 2.42 bits per heavy atom. The van der Waals surface area contributed by atoms with E-state index in [0.29, 0.717) is 26.2 Å². The number of nitrogens with zero attached hydrogens (tertiary/aromatic N) is 2. The first kappa shape index (κ1) is 19.6. The summed E-state index contributed by atoms with van der Waals surface area (Å²) in [5, 5.41) is 10.8. The van der Waals surface area contributed by atoms with Crippen LogP contribution >= 0.6 is 0 Å². The van der Waals surface area contributed by atoms with Gasteiger partial charge in [-0.1, -0.05) is 12.1 Å². The van der Waals surface area contributed by atoms with Crippen LogP contribution in [0.4, 0.5) is 8.78 Å². The summed E-state index contributed by atoms with van der Waals surface area (Å²) in [6, 6.07) is 5.80. The largest absolute Gasteiger partial charge is 0.480 e. The molecule has 1 aromatic rings. The number of carbonyl (C=O) groups excluding carboxylic acids is 2. The third-order valence-corrected chi connectivity index (χ3v) is 3.80. The topological polar surface area (TPSA) is 99.2 Å². The number of aliphatic carboxylic acids is 1. The molecule has 0 unspecified atom stereocenters. The number of rotatable bonds is 7. The molecule has 8 nitrogen and oxygen atoms in total. The molecule has 0 saturated carbocycles. The van der Waals surface area contributed by atoms with Crippen molar-refractivity contribution in [1.82, 2.24) is 15.1 Å². The molecule has 1 aliphatic rings. The molecule has 2 amide bonds. The molecular formula is C16H19F2N3O5. The molecule has 0 aliphatic carbocycles. The molecular weight excluding hydrogens is 352 g/mol. The standard InChI is InChI=1S/C16H19F2N3O5/c17-16(18)26-12-4-2-1-3-11(12)15(25)21-7-5-20(6-8-21)10-13(22)19-9-14(23)24/h1-4,16H,5-10H2,(H,19,22)(H,23,24). The first-order valence-electron chi connectivity index (χ1n) is 7.90. The van der Waals surface area contributed by atoms with E-state index in [4.69, 9.17) is 5.11 Å². The third kappa shape index (κ3) is 5.66. The van der Waals surface area contributed by atoms with Crippen molar-refractivity contribution in [3.05, 3.63) is 29.8 Å². The second-order valence-corrected chi connectivity index (χ2v) is 5.61. The van der Waals surface area contributed by atoms with Crippen molar-refractivity contribution >= 4 is 17.8 Å². The lowest BCUT2D eigenvalue weighted by Gasteiger charge is -2.34. The fourth-order valence-electron chi connectivity index (χ4n) is 2.55. The van der Waals surface area contributed by atoms with Gasteiger partial charge in [0, 0.05) is 26.2 Å². The lowest BCUT2D eigenvalue weighted by molar-refractivity contribution is -0.138. The van der Waals surface area contributed by atoms with Gasteiger partial charge < -0.3 is 20.1 Å². The molecule has 0 radical (unpaired) electrons. The van der Waals surface area contributed by atoms with Crippen molar-refractivity contribution in [2.45, 2.75) is 6.61 Å². The third-order valence-electron chi connectivity index (χ3n) is 3.80. The minimum atomic E-state index is -3.02. The van der Waals surface area contributed by atoms with Crippen molar-refractivity contribution < 1.29 is 33.0 Å². The molecule has 10 heteroatoms. The van der Waals surface area contributed by atoms with E-state index in [9.17, 15) is 23.2 Å². The van der Waals surface area contributed by atoms with Crippen molar-refractivity contribution in [2.75, 3.05) is 39.3 Å². The van der Waals surface area contributed by atoms with Gasteiger partial charge in [0.05, 0.1) is 12.1 Å². The Bertz CT molecular complexity index is 663. The molecule has 0 atom stereocenters. The molecule has 1 heterocycles. The number of ether oxygens (including phenoxy) is 1. The quantitative estimate of drug-likeness (QED) is 0.713. The SMILES string of the molecule is O=C(O)CNC(=O)CN1CCN(C(=O)c2ccccc2OC(F)F)CC1. The predicted molar refractivity (Wildman–Crippen MR) is 86.1 cm³/mol. The Kier molecular flexibility index (Phi) is 6.84. The van der Waals surface area contributed by atoms with Crippen molar-refractivity contribution in [3.63, 3.8) is 0 Å². The first-order valence-corrected chi connectivity index (χ1v) is 7.90. The van der Waals surface area contributed by atoms with Crippen molar-refractivity contribution in [1.29, 1.82) is 0 Å². The molecule has 1 aromatic carbocycles. The summed E-state index contributed by atoms with van der Waals surface area (Å²) in [7, 11) is 0. The Labute approximate surface area is 148 Å². The number of carbonyl (C=O) groups is 3. The summed E-state index contributed by atoms with van der Waals surface area (Å²) in [6.45, 7) is -2.00. The number of hydrogen-bond acceptors (Lipinski definition) is 5. The highest BCUT2D eigenvalue weighted by Crippen LogP contribution is 2.22. The van der Waals surface area contributed by atoms with Crippen LogP contribution in [-0.4, -0.2) is 78.6 Å². The Morgan fingerprint density at radius 2 is 1.81 bits per heavy atom. The van der Waals surface area contributed by atoms with Gasteiger partial charge >= 0.3 is 12.6 Å². The van der Waals surface area contributed by atoms with E-state index >= 15 is 0 Å². The zero-order chi connectivity index (χ0) is 19.1. The number of para-hydroxylation sites is 1. The zero-order valence-electron chi connectivity index (χ0n) is 13.9. The maximum atomic E-state index is 12.5. The fraction of sp³-hybridized carbons (Fsp3) is 0.438. The van der Waals surface area contributed by atoms with Crippen LogP contribution in [-0.2, 0) is 9.59 Å². The summed E-state index contributed by atoms with van der Waals surface area (Å²) in [5.41, 5.74) is 0.0560. The molecule has 0 bridgehead atoms. The summed E-state index contributed by atoms with van der Waals surface area (Å²) in [4.78, 5) is 37.9. The molecule has 1 saturated heterocycles. The lowest BCUT2D eigenvalue weighted by atomic mass is 10.1. The number of hydrogen-bond donors (Lipinski definition) is 2. The van der Waals surface area contributed by atoms with E-state index in [1.165, 1.54) is 23.1 Å². The molecule has 1 fully saturated rings. The minimum absolute atomic E-state index is 0.0282. The van der Waals surface area contributed by atoms with E-state index < -0.39 is 30.9 Å². The average molecular weight is 371 g/mol. The van der Waals surface area contributed by atoms with Gasteiger partial charge in [0.15, 0.2) is 0 Å². The molecule has 2 N–H and O–H groups in total. The van der Waals surface area contributed by atoms with Gasteiger partial charge in [0.2, 0.25) is 5.91 Å². The van der Waals surface area contributed by atoms with Crippen LogP contribution in [0.5, 0.6) is 5.75 Å². The van der Waals surface area contributed by atoms with Crippen LogP contribution < -0.4 is 10.1 Å². The number of piperazine rings is 1. The van der Waals surface area contributed by atoms with Crippen molar-refractivity contribution in [2.24, 2.45) is 0 Å². The van der Waals surface area contributed by atoms with Crippen LogP contribution in [0.25, 0.3) is 0 Å². The highest BCUT2D eigenvalue weighted by molar-refractivity contribution is 5.97. The second kappa shape index (κ2) is 9.09. The number of nitrogens with one attached hydrogen (secondary N) is 1. The predicted octanol–water partition coefficient (Wildman–Crippen LogP) is 0.247. The van der Waals surface area contributed by atoms with E-state index in [2.05, 4.69) is 10.1 Å². The fourth-order valence-corrected chi connectivity index (χ4v) is 2.55. The molecule has 2 rings (SSSR count). The normalized spacial score (nSPS) is 15.0. The van der Waals surface area contributed by atoms with E-state index in [1.54, 1.807) is 11.0 Å². The van der Waals surface area contributed by atoms with Crippen molar-refractivity contribution in [3.8, 4) is 5.75 Å². The number of halogens is 2. The summed E-state index contributed by atoms with van der Waals surface area (Å²) < 4.78 is 29.3. The summed E-state index contributed by atoms with van der Waals surface area (Å²) >= 11 is 0. The van der Waals surface area contributed by atoms with Gasteiger partial charge in [0.25, 0.3) is 5.91 Å². The van der Waals surface area contributed by atoms with Gasteiger partial charge in [-0.15, -0.1) is 0 Å². The van der Waals surface area contributed by atoms with Crippen LogP contribution in [0, 0.1) is 0 Å². The van der Waals surface area contributed by atoms with Gasteiger partial charge in [-0.05, 0) is 12.1 Å². The van der Waals surface area contributed by atoms with Gasteiger partial charge in [0.1, 0.15) is 12.3 Å². The number of benzene rings is 1. The average Bonchev–Trinajstić information content (AvgIpc) is 2.60. The van der Waals surface area contributed by atoms with Crippen LogP contribution in [0.15, 0.2) is 24.3 Å². The van der Waals surface area contributed by atoms with E-state index in [-0.39, 0.29) is 17.9 Å². The number of carboxylic acid groups (broad SMARTS) is 1. The zero-order valence-corrected chi connectivity index (χ0v) is 13.9. The Balaban J connectivity index is 1.89. The Hall–Kier alpha value is -2.75. The maximum Gasteiger partial charge on any atom is 0.387 e. The van der Waals surface area contributed by atoms with E-state index in [0.717, 1.165) is 0 Å². The lowest BCUT2D eigenvalue weighted by Crippen LogP contribution is -2.51. The molecule has 1 aliphatic heterocycles. The summed E-state index contributed by atoms with van der Waals surface area (Å²) in [5.74, 6) is -2.14. The van der Waals surface area contributed by atoms with Gasteiger partial charge in [-0.2, -0.15) is 8.78 Å². The van der Waals surface area contributed by atoms with E-state index in [1.807, 2.05) is 0 Å². The number of alkyl halides is 2. The molecule has 26 heavy (non-hydrogen) atoms. The van der Waals surface area contributed by atoms with Crippen LogP contribution in [0.2, 0.25) is 0 Å². The monoisotopic (exact) mass is 371 g/mol. The smallest absolute Gasteiger partial charge is 0.387 e. The first-order chi connectivity index (χ1) is 12.4. The molecule has 0 aromatic heterocycles. The van der Waals surface area contributed by atoms with Crippen LogP contribution in [0.3, 0.4) is 0 Å². The van der Waals surface area contributed by atoms with Gasteiger partial charge in [-0.3, -0.25) is 19.3 Å². The maximum absolute atomic E-state index is 12.5. The molecule has 0 spiro atoms. The highest BCUT2D eigenvalue weighted by Gasteiger charge is 2.25. The van der Waals surface area contributed by atoms with Crippen LogP contribution in [0.1, 0.15) is 10.4 Å². The number of amides is 2. The summed E-state index contributed by atoms with van der Waals surface area (Å²) in [6.07, 6.45) is 0. The number of carboxylic acids is 1. The highest BCUT2D eigenvalue weighted by atomic mass is 19.3.